The maximum Gasteiger partial charge on any atom is 0.229 e. The fourth-order valence-corrected chi connectivity index (χ4v) is 6.68. The second kappa shape index (κ2) is 10.4. The number of hydrogen-bond donors (Lipinski definition) is 2. The summed E-state index contributed by atoms with van der Waals surface area (Å²) in [5.41, 5.74) is 0.900. The Hall–Kier alpha value is -2.81. The number of anilines is 1. The Bertz CT molecular complexity index is 1040. The summed E-state index contributed by atoms with van der Waals surface area (Å²) < 4.78 is 0. The van der Waals surface area contributed by atoms with Gasteiger partial charge >= 0.3 is 0 Å². The molecule has 2 aromatic rings. The molecular formula is C26H33N5O3S. The maximum atomic E-state index is 13.6. The monoisotopic (exact) mass is 495 g/mol. The third-order valence-corrected chi connectivity index (χ3v) is 8.73. The summed E-state index contributed by atoms with van der Waals surface area (Å²) in [4.78, 5) is 49.7. The van der Waals surface area contributed by atoms with Gasteiger partial charge < -0.3 is 15.5 Å². The van der Waals surface area contributed by atoms with Gasteiger partial charge in [-0.15, -0.1) is 11.3 Å². The van der Waals surface area contributed by atoms with Gasteiger partial charge in [0.15, 0.2) is 5.13 Å². The molecule has 2 aliphatic carbocycles. The van der Waals surface area contributed by atoms with Crippen LogP contribution in [0.25, 0.3) is 0 Å². The fraction of sp³-hybridized carbons (Fsp3) is 0.577. The number of nitrogens with one attached hydrogen (secondary N) is 2. The SMILES string of the molecule is CC(Cc1ccccn1)C(=O)NC1C(C(=O)N2CCC(C(=O)Nc3nccs3)CC2)[C@@H]2CC[C@@H]1C2. The topological polar surface area (TPSA) is 104 Å². The van der Waals surface area contributed by atoms with Crippen molar-refractivity contribution in [1.82, 2.24) is 20.2 Å². The summed E-state index contributed by atoms with van der Waals surface area (Å²) >= 11 is 1.41. The summed E-state index contributed by atoms with van der Waals surface area (Å²) in [7, 11) is 0. The first-order valence-electron chi connectivity index (χ1n) is 12.7. The zero-order chi connectivity index (χ0) is 24.4. The Morgan fingerprint density at radius 1 is 1.09 bits per heavy atom. The van der Waals surface area contributed by atoms with E-state index in [1.54, 1.807) is 12.4 Å². The molecular weight excluding hydrogens is 462 g/mol. The van der Waals surface area contributed by atoms with Crippen molar-refractivity contribution < 1.29 is 14.4 Å². The van der Waals surface area contributed by atoms with Gasteiger partial charge in [-0.3, -0.25) is 19.4 Å². The molecule has 8 nitrogen and oxygen atoms in total. The minimum Gasteiger partial charge on any atom is -0.352 e. The van der Waals surface area contributed by atoms with E-state index in [0.29, 0.717) is 49.3 Å². The number of aromatic nitrogens is 2. The van der Waals surface area contributed by atoms with Crippen LogP contribution in [0.15, 0.2) is 36.0 Å². The van der Waals surface area contributed by atoms with E-state index in [1.807, 2.05) is 35.4 Å². The molecule has 3 aliphatic rings. The van der Waals surface area contributed by atoms with Crippen LogP contribution in [0, 0.1) is 29.6 Å². The lowest BCUT2D eigenvalue weighted by atomic mass is 9.82. The molecule has 1 saturated heterocycles. The Morgan fingerprint density at radius 2 is 1.89 bits per heavy atom. The third kappa shape index (κ3) is 5.24. The van der Waals surface area contributed by atoms with Gasteiger partial charge in [-0.25, -0.2) is 4.98 Å². The molecule has 35 heavy (non-hydrogen) atoms. The van der Waals surface area contributed by atoms with Crippen LogP contribution in [0.4, 0.5) is 5.13 Å². The highest BCUT2D eigenvalue weighted by Gasteiger charge is 2.52. The van der Waals surface area contributed by atoms with Crippen molar-refractivity contribution in [2.75, 3.05) is 18.4 Å². The first-order chi connectivity index (χ1) is 17.0. The largest absolute Gasteiger partial charge is 0.352 e. The molecule has 0 aromatic carbocycles. The van der Waals surface area contributed by atoms with E-state index in [9.17, 15) is 14.4 Å². The number of hydrogen-bond acceptors (Lipinski definition) is 6. The van der Waals surface area contributed by atoms with Gasteiger partial charge in [-0.05, 0) is 56.1 Å². The lowest BCUT2D eigenvalue weighted by Gasteiger charge is -2.38. The average molecular weight is 496 g/mol. The van der Waals surface area contributed by atoms with E-state index >= 15 is 0 Å². The summed E-state index contributed by atoms with van der Waals surface area (Å²) in [6, 6.07) is 5.65. The minimum absolute atomic E-state index is 0.00330. The molecule has 3 fully saturated rings. The van der Waals surface area contributed by atoms with Gasteiger partial charge in [0.1, 0.15) is 0 Å². The number of amides is 3. The molecule has 5 rings (SSSR count). The summed E-state index contributed by atoms with van der Waals surface area (Å²) in [5.74, 6) is 0.399. The zero-order valence-corrected chi connectivity index (χ0v) is 20.9. The van der Waals surface area contributed by atoms with Gasteiger partial charge in [0.2, 0.25) is 17.7 Å². The van der Waals surface area contributed by atoms with Crippen LogP contribution in [0.1, 0.15) is 44.7 Å². The number of piperidine rings is 1. The molecule has 1 aliphatic heterocycles. The van der Waals surface area contributed by atoms with E-state index in [2.05, 4.69) is 20.6 Å². The van der Waals surface area contributed by atoms with Crippen molar-refractivity contribution in [1.29, 1.82) is 0 Å². The van der Waals surface area contributed by atoms with Crippen LogP contribution in [0.3, 0.4) is 0 Å². The van der Waals surface area contributed by atoms with Crippen LogP contribution in [0.5, 0.6) is 0 Å². The molecule has 2 aromatic heterocycles. The van der Waals surface area contributed by atoms with Crippen molar-refractivity contribution in [3.63, 3.8) is 0 Å². The summed E-state index contributed by atoms with van der Waals surface area (Å²) in [6.45, 7) is 3.09. The van der Waals surface area contributed by atoms with Gasteiger partial charge in [0, 0.05) is 60.9 Å². The quantitative estimate of drug-likeness (QED) is 0.614. The maximum absolute atomic E-state index is 13.6. The molecule has 5 atom stereocenters. The Labute approximate surface area is 209 Å². The highest BCUT2D eigenvalue weighted by Crippen LogP contribution is 2.49. The number of rotatable bonds is 7. The lowest BCUT2D eigenvalue weighted by molar-refractivity contribution is -0.141. The number of fused-ring (bicyclic) bond motifs is 2. The molecule has 2 bridgehead atoms. The molecule has 3 heterocycles. The molecule has 3 unspecified atom stereocenters. The predicted molar refractivity (Wildman–Crippen MR) is 133 cm³/mol. The number of nitrogens with zero attached hydrogens (tertiary/aromatic N) is 3. The first kappa shape index (κ1) is 23.9. The molecule has 2 N–H and O–H groups in total. The number of pyridine rings is 1. The third-order valence-electron chi connectivity index (χ3n) is 8.04. The normalized spacial score (nSPS) is 26.9. The number of likely N-dealkylation sites (tertiary alicyclic amines) is 1. The number of carbonyl (C=O) groups is 3. The Morgan fingerprint density at radius 3 is 2.60 bits per heavy atom. The smallest absolute Gasteiger partial charge is 0.229 e. The van der Waals surface area contributed by atoms with E-state index < -0.39 is 0 Å². The van der Waals surface area contributed by atoms with E-state index in [4.69, 9.17) is 0 Å². The van der Waals surface area contributed by atoms with Crippen molar-refractivity contribution in [2.24, 2.45) is 29.6 Å². The Kier molecular flexibility index (Phi) is 7.13. The van der Waals surface area contributed by atoms with Crippen LogP contribution < -0.4 is 10.6 Å². The van der Waals surface area contributed by atoms with E-state index in [0.717, 1.165) is 25.0 Å². The average Bonchev–Trinajstić information content (AvgIpc) is 3.63. The summed E-state index contributed by atoms with van der Waals surface area (Å²) in [6.07, 6.45) is 8.47. The van der Waals surface area contributed by atoms with E-state index in [-0.39, 0.29) is 41.5 Å². The second-order valence-electron chi connectivity index (χ2n) is 10.2. The van der Waals surface area contributed by atoms with Gasteiger partial charge in [0.05, 0.1) is 5.92 Å². The molecule has 3 amide bonds. The fourth-order valence-electron chi connectivity index (χ4n) is 6.15. The zero-order valence-electron chi connectivity index (χ0n) is 20.1. The highest BCUT2D eigenvalue weighted by molar-refractivity contribution is 7.13. The first-order valence-corrected chi connectivity index (χ1v) is 13.6. The summed E-state index contributed by atoms with van der Waals surface area (Å²) in [5, 5.41) is 8.60. The molecule has 0 spiro atoms. The van der Waals surface area contributed by atoms with E-state index in [1.165, 1.54) is 11.3 Å². The lowest BCUT2D eigenvalue weighted by Crippen LogP contribution is -2.53. The standard InChI is InChI=1S/C26H33N5O3S/c1-16(14-20-4-2-3-9-27-20)23(32)29-22-19-6-5-18(15-19)21(22)25(34)31-11-7-17(8-12-31)24(33)30-26-28-10-13-35-26/h2-4,9-10,13,16-19,21-22H,5-8,11-12,14-15H2,1H3,(H,29,32)(H,28,30,33)/t16?,18-,19-,21?,22?/m1/s1. The number of carbonyl (C=O) groups excluding carboxylic acids is 3. The second-order valence-corrected chi connectivity index (χ2v) is 11.1. The van der Waals surface area contributed by atoms with Crippen LogP contribution in [-0.2, 0) is 20.8 Å². The van der Waals surface area contributed by atoms with Crippen molar-refractivity contribution in [3.8, 4) is 0 Å². The molecule has 9 heteroatoms. The molecule has 2 saturated carbocycles. The van der Waals surface area contributed by atoms with Gasteiger partial charge in [-0.1, -0.05) is 13.0 Å². The molecule has 186 valence electrons. The van der Waals surface area contributed by atoms with Crippen molar-refractivity contribution in [3.05, 3.63) is 41.7 Å². The highest BCUT2D eigenvalue weighted by atomic mass is 32.1. The number of thiazole rings is 1. The van der Waals surface area contributed by atoms with Crippen LogP contribution >= 0.6 is 11.3 Å². The predicted octanol–water partition coefficient (Wildman–Crippen LogP) is 3.12. The minimum atomic E-state index is -0.202. The van der Waals surface area contributed by atoms with Gasteiger partial charge in [0.25, 0.3) is 0 Å². The van der Waals surface area contributed by atoms with Crippen molar-refractivity contribution in [2.45, 2.75) is 51.5 Å². The van der Waals surface area contributed by atoms with Crippen LogP contribution in [0.2, 0.25) is 0 Å². The van der Waals surface area contributed by atoms with Crippen molar-refractivity contribution >= 4 is 34.2 Å². The molecule has 0 radical (unpaired) electrons. The van der Waals surface area contributed by atoms with Gasteiger partial charge in [-0.2, -0.15) is 0 Å². The van der Waals surface area contributed by atoms with Crippen LogP contribution in [-0.4, -0.2) is 51.7 Å². The Balaban J connectivity index is 1.17.